The summed E-state index contributed by atoms with van der Waals surface area (Å²) in [5.74, 6) is 4.27. The average molecular weight is 310 g/mol. The molecule has 0 nitrogen and oxygen atoms in total. The lowest BCUT2D eigenvalue weighted by Crippen LogP contribution is -2.31. The molecule has 126 valence electrons. The van der Waals surface area contributed by atoms with Gasteiger partial charge in [0.1, 0.15) is 0 Å². The first kappa shape index (κ1) is 16.5. The SMILES string of the molecule is CCCC1CCC(C2CCC(C3CC(=C(F)F)C3)CC2)CC1. The molecule has 2 heteroatoms. The minimum absolute atomic E-state index is 0.446. The summed E-state index contributed by atoms with van der Waals surface area (Å²) in [4.78, 5) is 0. The van der Waals surface area contributed by atoms with Crippen LogP contribution in [0.1, 0.15) is 84.0 Å². The summed E-state index contributed by atoms with van der Waals surface area (Å²) in [6, 6.07) is 0. The van der Waals surface area contributed by atoms with Crippen molar-refractivity contribution in [2.24, 2.45) is 29.6 Å². The van der Waals surface area contributed by atoms with Crippen molar-refractivity contribution < 1.29 is 8.78 Å². The van der Waals surface area contributed by atoms with Crippen LogP contribution in [0.25, 0.3) is 0 Å². The van der Waals surface area contributed by atoms with Crippen molar-refractivity contribution in [2.45, 2.75) is 84.0 Å². The maximum atomic E-state index is 12.5. The Morgan fingerprint density at radius 2 is 1.23 bits per heavy atom. The lowest BCUT2D eigenvalue weighted by molar-refractivity contribution is 0.110. The van der Waals surface area contributed by atoms with E-state index in [9.17, 15) is 8.78 Å². The Hall–Kier alpha value is -0.400. The molecule has 0 saturated heterocycles. The molecule has 0 unspecified atom stereocenters. The maximum absolute atomic E-state index is 12.5. The van der Waals surface area contributed by atoms with E-state index in [0.717, 1.165) is 23.7 Å². The molecule has 0 aromatic carbocycles. The molecule has 0 heterocycles. The van der Waals surface area contributed by atoms with E-state index in [1.165, 1.54) is 64.2 Å². The zero-order valence-electron chi connectivity index (χ0n) is 14.1. The summed E-state index contributed by atoms with van der Waals surface area (Å²) in [6.07, 6.45) is 14.0. The van der Waals surface area contributed by atoms with Crippen LogP contribution in [0.5, 0.6) is 0 Å². The summed E-state index contributed by atoms with van der Waals surface area (Å²) in [5.41, 5.74) is 0.446. The Bertz CT molecular complexity index is 373. The number of hydrogen-bond acceptors (Lipinski definition) is 0. The van der Waals surface area contributed by atoms with Gasteiger partial charge in [0.15, 0.2) is 0 Å². The maximum Gasteiger partial charge on any atom is 0.269 e. The summed E-state index contributed by atoms with van der Waals surface area (Å²) < 4.78 is 25.0. The van der Waals surface area contributed by atoms with E-state index < -0.39 is 6.08 Å². The van der Waals surface area contributed by atoms with Crippen molar-refractivity contribution in [2.75, 3.05) is 0 Å². The first-order valence-electron chi connectivity index (χ1n) is 9.70. The Morgan fingerprint density at radius 3 is 1.68 bits per heavy atom. The van der Waals surface area contributed by atoms with Crippen molar-refractivity contribution >= 4 is 0 Å². The molecule has 0 aromatic rings. The minimum atomic E-state index is -1.39. The van der Waals surface area contributed by atoms with E-state index in [-0.39, 0.29) is 0 Å². The van der Waals surface area contributed by atoms with Gasteiger partial charge >= 0.3 is 0 Å². The van der Waals surface area contributed by atoms with Crippen molar-refractivity contribution in [3.8, 4) is 0 Å². The normalized spacial score (nSPS) is 39.4. The fraction of sp³-hybridized carbons (Fsp3) is 0.900. The van der Waals surface area contributed by atoms with Crippen LogP contribution >= 0.6 is 0 Å². The fourth-order valence-corrected chi connectivity index (χ4v) is 5.51. The number of hydrogen-bond donors (Lipinski definition) is 0. The van der Waals surface area contributed by atoms with Crippen LogP contribution in [0.15, 0.2) is 11.7 Å². The highest BCUT2D eigenvalue weighted by Gasteiger charge is 2.37. The van der Waals surface area contributed by atoms with Crippen molar-refractivity contribution in [3.63, 3.8) is 0 Å². The quantitative estimate of drug-likeness (QED) is 0.526. The Balaban J connectivity index is 1.39. The lowest BCUT2D eigenvalue weighted by Gasteiger charge is -2.42. The van der Waals surface area contributed by atoms with Crippen LogP contribution in [0.4, 0.5) is 8.78 Å². The molecule has 22 heavy (non-hydrogen) atoms. The third kappa shape index (κ3) is 3.74. The second-order valence-corrected chi connectivity index (χ2v) is 8.28. The van der Waals surface area contributed by atoms with Crippen LogP contribution < -0.4 is 0 Å². The van der Waals surface area contributed by atoms with Crippen LogP contribution in [-0.4, -0.2) is 0 Å². The van der Waals surface area contributed by atoms with E-state index in [1.54, 1.807) is 0 Å². The molecule has 3 rings (SSSR count). The third-order valence-corrected chi connectivity index (χ3v) is 7.02. The van der Waals surface area contributed by atoms with E-state index in [1.807, 2.05) is 0 Å². The van der Waals surface area contributed by atoms with E-state index in [0.29, 0.717) is 24.3 Å². The van der Waals surface area contributed by atoms with Crippen LogP contribution in [0.2, 0.25) is 0 Å². The Kier molecular flexibility index (Phi) is 5.57. The molecule has 3 aliphatic carbocycles. The average Bonchev–Trinajstić information content (AvgIpc) is 2.47. The fourth-order valence-electron chi connectivity index (χ4n) is 5.51. The van der Waals surface area contributed by atoms with E-state index in [4.69, 9.17) is 0 Å². The van der Waals surface area contributed by atoms with E-state index in [2.05, 4.69) is 6.92 Å². The van der Waals surface area contributed by atoms with Crippen molar-refractivity contribution in [1.29, 1.82) is 0 Å². The van der Waals surface area contributed by atoms with E-state index >= 15 is 0 Å². The van der Waals surface area contributed by atoms with Gasteiger partial charge in [0.2, 0.25) is 0 Å². The number of halogens is 2. The van der Waals surface area contributed by atoms with Crippen molar-refractivity contribution in [3.05, 3.63) is 11.7 Å². The molecule has 0 bridgehead atoms. The minimum Gasteiger partial charge on any atom is -0.173 e. The zero-order chi connectivity index (χ0) is 15.5. The molecule has 0 atom stereocenters. The highest BCUT2D eigenvalue weighted by molar-refractivity contribution is 5.14. The molecule has 0 aliphatic heterocycles. The molecule has 3 fully saturated rings. The molecule has 3 aliphatic rings. The summed E-state index contributed by atoms with van der Waals surface area (Å²) in [7, 11) is 0. The standard InChI is InChI=1S/C20H32F2/c1-2-3-14-4-6-15(7-5-14)16-8-10-17(11-9-16)18-12-19(13-18)20(21)22/h14-18H,2-13H2,1H3. The molecule has 0 N–H and O–H groups in total. The van der Waals surface area contributed by atoms with Gasteiger partial charge in [-0.3, -0.25) is 0 Å². The first-order chi connectivity index (χ1) is 10.7. The second-order valence-electron chi connectivity index (χ2n) is 8.28. The van der Waals surface area contributed by atoms with Crippen LogP contribution in [-0.2, 0) is 0 Å². The predicted octanol–water partition coefficient (Wildman–Crippen LogP) is 6.96. The molecule has 0 amide bonds. The topological polar surface area (TPSA) is 0 Å². The summed E-state index contributed by atoms with van der Waals surface area (Å²) >= 11 is 0. The predicted molar refractivity (Wildman–Crippen MR) is 87.8 cm³/mol. The summed E-state index contributed by atoms with van der Waals surface area (Å²) in [6.45, 7) is 2.31. The van der Waals surface area contributed by atoms with Gasteiger partial charge in [0.05, 0.1) is 0 Å². The van der Waals surface area contributed by atoms with Gasteiger partial charge in [-0.05, 0) is 86.5 Å². The highest BCUT2D eigenvalue weighted by Crippen LogP contribution is 2.49. The second kappa shape index (κ2) is 7.45. The zero-order valence-corrected chi connectivity index (χ0v) is 14.1. The first-order valence-corrected chi connectivity index (χ1v) is 9.70. The molecular formula is C20H32F2. The van der Waals surface area contributed by atoms with Crippen LogP contribution in [0.3, 0.4) is 0 Å². The number of allylic oxidation sites excluding steroid dienone is 1. The largest absolute Gasteiger partial charge is 0.269 e. The van der Waals surface area contributed by atoms with Gasteiger partial charge in [-0.1, -0.05) is 32.6 Å². The molecule has 3 saturated carbocycles. The smallest absolute Gasteiger partial charge is 0.173 e. The monoisotopic (exact) mass is 310 g/mol. The Labute approximate surface area is 134 Å². The van der Waals surface area contributed by atoms with Gasteiger partial charge in [-0.2, -0.15) is 8.78 Å². The number of rotatable bonds is 4. The highest BCUT2D eigenvalue weighted by atomic mass is 19.3. The molecule has 0 radical (unpaired) electrons. The van der Waals surface area contributed by atoms with Crippen molar-refractivity contribution in [1.82, 2.24) is 0 Å². The van der Waals surface area contributed by atoms with Crippen LogP contribution in [0, 0.1) is 29.6 Å². The third-order valence-electron chi connectivity index (χ3n) is 7.02. The van der Waals surface area contributed by atoms with Gasteiger partial charge in [0, 0.05) is 0 Å². The van der Waals surface area contributed by atoms with Gasteiger partial charge in [-0.25, -0.2) is 0 Å². The summed E-state index contributed by atoms with van der Waals surface area (Å²) in [5, 5.41) is 0. The Morgan fingerprint density at radius 1 is 0.773 bits per heavy atom. The molecule has 0 spiro atoms. The van der Waals surface area contributed by atoms with Gasteiger partial charge in [0.25, 0.3) is 6.08 Å². The van der Waals surface area contributed by atoms with Gasteiger partial charge < -0.3 is 0 Å². The lowest BCUT2D eigenvalue weighted by atomic mass is 9.63. The van der Waals surface area contributed by atoms with Gasteiger partial charge in [-0.15, -0.1) is 0 Å². The molecular weight excluding hydrogens is 278 g/mol. The molecule has 0 aromatic heterocycles.